The standard InChI is InChI=1S/C16H27N3/c1-13-6-2-5-9-16(13)17-12-14-10-11-19(18-14)15-7-3-4-8-15/h10-11,13,15-17H,2-9,12H2,1H3. The summed E-state index contributed by atoms with van der Waals surface area (Å²) in [6.07, 6.45) is 13.1. The summed E-state index contributed by atoms with van der Waals surface area (Å²) >= 11 is 0. The summed E-state index contributed by atoms with van der Waals surface area (Å²) in [5, 5.41) is 8.47. The van der Waals surface area contributed by atoms with Crippen LogP contribution in [0.1, 0.15) is 70.0 Å². The molecule has 0 saturated heterocycles. The van der Waals surface area contributed by atoms with Crippen molar-refractivity contribution >= 4 is 0 Å². The molecule has 1 heterocycles. The van der Waals surface area contributed by atoms with E-state index in [1.165, 1.54) is 57.1 Å². The number of hydrogen-bond donors (Lipinski definition) is 1. The summed E-state index contributed by atoms with van der Waals surface area (Å²) in [5.41, 5.74) is 1.21. The van der Waals surface area contributed by atoms with Gasteiger partial charge in [0.15, 0.2) is 0 Å². The predicted octanol–water partition coefficient (Wildman–Crippen LogP) is 3.67. The third-order valence-corrected chi connectivity index (χ3v) is 5.02. The van der Waals surface area contributed by atoms with Crippen LogP contribution in [0, 0.1) is 5.92 Å². The van der Waals surface area contributed by atoms with E-state index in [-0.39, 0.29) is 0 Å². The molecule has 0 radical (unpaired) electrons. The van der Waals surface area contributed by atoms with Crippen molar-refractivity contribution in [3.8, 4) is 0 Å². The Bertz CT molecular complexity index is 392. The molecule has 1 aromatic heterocycles. The van der Waals surface area contributed by atoms with Crippen LogP contribution in [0.4, 0.5) is 0 Å². The molecule has 2 aliphatic rings. The van der Waals surface area contributed by atoms with Gasteiger partial charge in [-0.3, -0.25) is 4.68 Å². The maximum absolute atomic E-state index is 4.76. The normalized spacial score (nSPS) is 28.9. The van der Waals surface area contributed by atoms with Crippen molar-refractivity contribution in [2.24, 2.45) is 5.92 Å². The van der Waals surface area contributed by atoms with Gasteiger partial charge in [0.25, 0.3) is 0 Å². The summed E-state index contributed by atoms with van der Waals surface area (Å²) in [6.45, 7) is 3.32. The molecule has 2 atom stereocenters. The van der Waals surface area contributed by atoms with Crippen LogP contribution in [-0.2, 0) is 6.54 Å². The van der Waals surface area contributed by atoms with E-state index in [0.717, 1.165) is 12.5 Å². The number of nitrogens with one attached hydrogen (secondary N) is 1. The molecule has 19 heavy (non-hydrogen) atoms. The minimum atomic E-state index is 0.669. The van der Waals surface area contributed by atoms with Crippen LogP contribution in [0.3, 0.4) is 0 Å². The van der Waals surface area contributed by atoms with Crippen molar-refractivity contribution in [2.45, 2.75) is 76.9 Å². The lowest BCUT2D eigenvalue weighted by atomic mass is 9.86. The molecule has 2 saturated carbocycles. The maximum Gasteiger partial charge on any atom is 0.0762 e. The van der Waals surface area contributed by atoms with Gasteiger partial charge < -0.3 is 5.32 Å². The van der Waals surface area contributed by atoms with Crippen molar-refractivity contribution in [3.63, 3.8) is 0 Å². The third-order valence-electron chi connectivity index (χ3n) is 5.02. The first kappa shape index (κ1) is 13.2. The quantitative estimate of drug-likeness (QED) is 0.896. The highest BCUT2D eigenvalue weighted by Gasteiger charge is 2.21. The van der Waals surface area contributed by atoms with E-state index in [1.54, 1.807) is 0 Å². The van der Waals surface area contributed by atoms with Crippen LogP contribution in [0.15, 0.2) is 12.3 Å². The first-order valence-corrected chi connectivity index (χ1v) is 8.10. The maximum atomic E-state index is 4.76. The lowest BCUT2D eigenvalue weighted by molar-refractivity contribution is 0.278. The largest absolute Gasteiger partial charge is 0.308 e. The summed E-state index contributed by atoms with van der Waals surface area (Å²) in [7, 11) is 0. The van der Waals surface area contributed by atoms with Crippen molar-refractivity contribution < 1.29 is 0 Å². The average molecular weight is 261 g/mol. The van der Waals surface area contributed by atoms with Gasteiger partial charge in [-0.1, -0.05) is 32.6 Å². The minimum Gasteiger partial charge on any atom is -0.308 e. The van der Waals surface area contributed by atoms with Crippen molar-refractivity contribution in [3.05, 3.63) is 18.0 Å². The molecule has 106 valence electrons. The smallest absolute Gasteiger partial charge is 0.0762 e. The van der Waals surface area contributed by atoms with Gasteiger partial charge in [-0.25, -0.2) is 0 Å². The Morgan fingerprint density at radius 1 is 1.16 bits per heavy atom. The molecule has 0 bridgehead atoms. The van der Waals surface area contributed by atoms with E-state index in [4.69, 9.17) is 5.10 Å². The zero-order valence-corrected chi connectivity index (χ0v) is 12.1. The molecule has 3 nitrogen and oxygen atoms in total. The fourth-order valence-corrected chi connectivity index (χ4v) is 3.70. The van der Waals surface area contributed by atoms with Crippen LogP contribution < -0.4 is 5.32 Å². The van der Waals surface area contributed by atoms with E-state index in [0.29, 0.717) is 12.1 Å². The van der Waals surface area contributed by atoms with E-state index < -0.39 is 0 Å². The van der Waals surface area contributed by atoms with Crippen LogP contribution in [0.25, 0.3) is 0 Å². The van der Waals surface area contributed by atoms with Gasteiger partial charge in [0, 0.05) is 18.8 Å². The Morgan fingerprint density at radius 3 is 2.68 bits per heavy atom. The highest BCUT2D eigenvalue weighted by molar-refractivity contribution is 5.00. The Hall–Kier alpha value is -0.830. The molecular weight excluding hydrogens is 234 g/mol. The molecule has 1 N–H and O–H groups in total. The number of rotatable bonds is 4. The second kappa shape index (κ2) is 6.08. The van der Waals surface area contributed by atoms with Crippen LogP contribution in [0.5, 0.6) is 0 Å². The molecule has 2 unspecified atom stereocenters. The Balaban J connectivity index is 1.52. The Labute approximate surface area is 116 Å². The number of hydrogen-bond acceptors (Lipinski definition) is 2. The van der Waals surface area contributed by atoms with E-state index >= 15 is 0 Å². The SMILES string of the molecule is CC1CCCCC1NCc1ccn(C2CCCC2)n1. The number of nitrogens with zero attached hydrogens (tertiary/aromatic N) is 2. The van der Waals surface area contributed by atoms with Gasteiger partial charge in [-0.15, -0.1) is 0 Å². The molecule has 2 fully saturated rings. The summed E-state index contributed by atoms with van der Waals surface area (Å²) in [4.78, 5) is 0. The highest BCUT2D eigenvalue weighted by atomic mass is 15.3. The van der Waals surface area contributed by atoms with Gasteiger partial charge in [0.1, 0.15) is 0 Å². The lowest BCUT2D eigenvalue weighted by Gasteiger charge is -2.29. The Kier molecular flexibility index (Phi) is 4.21. The van der Waals surface area contributed by atoms with Gasteiger partial charge >= 0.3 is 0 Å². The van der Waals surface area contributed by atoms with Gasteiger partial charge in [-0.2, -0.15) is 5.10 Å². The van der Waals surface area contributed by atoms with Crippen molar-refractivity contribution in [1.82, 2.24) is 15.1 Å². The predicted molar refractivity (Wildman–Crippen MR) is 78.0 cm³/mol. The minimum absolute atomic E-state index is 0.669. The molecule has 3 rings (SSSR count). The first-order valence-electron chi connectivity index (χ1n) is 8.10. The fraction of sp³-hybridized carbons (Fsp3) is 0.812. The van der Waals surface area contributed by atoms with Crippen LogP contribution >= 0.6 is 0 Å². The molecule has 0 aromatic carbocycles. The number of aromatic nitrogens is 2. The fourth-order valence-electron chi connectivity index (χ4n) is 3.70. The summed E-state index contributed by atoms with van der Waals surface area (Å²) in [5.74, 6) is 0.825. The monoisotopic (exact) mass is 261 g/mol. The van der Waals surface area contributed by atoms with Gasteiger partial charge in [0.2, 0.25) is 0 Å². The van der Waals surface area contributed by atoms with Crippen LogP contribution in [0.2, 0.25) is 0 Å². The average Bonchev–Trinajstić information content (AvgIpc) is 3.09. The second-order valence-electron chi connectivity index (χ2n) is 6.47. The zero-order valence-electron chi connectivity index (χ0n) is 12.1. The molecular formula is C16H27N3. The summed E-state index contributed by atoms with van der Waals surface area (Å²) < 4.78 is 2.20. The second-order valence-corrected chi connectivity index (χ2v) is 6.47. The third kappa shape index (κ3) is 3.19. The first-order chi connectivity index (χ1) is 9.33. The molecule has 0 spiro atoms. The van der Waals surface area contributed by atoms with Crippen LogP contribution in [-0.4, -0.2) is 15.8 Å². The summed E-state index contributed by atoms with van der Waals surface area (Å²) in [6, 6.07) is 3.56. The van der Waals surface area contributed by atoms with E-state index in [9.17, 15) is 0 Å². The van der Waals surface area contributed by atoms with Crippen molar-refractivity contribution in [2.75, 3.05) is 0 Å². The van der Waals surface area contributed by atoms with E-state index in [2.05, 4.69) is 29.2 Å². The topological polar surface area (TPSA) is 29.9 Å². The van der Waals surface area contributed by atoms with Gasteiger partial charge in [-0.05, 0) is 37.7 Å². The zero-order chi connectivity index (χ0) is 13.1. The molecule has 1 aromatic rings. The van der Waals surface area contributed by atoms with Gasteiger partial charge in [0.05, 0.1) is 11.7 Å². The lowest BCUT2D eigenvalue weighted by Crippen LogP contribution is -2.36. The Morgan fingerprint density at radius 2 is 1.89 bits per heavy atom. The van der Waals surface area contributed by atoms with Crippen molar-refractivity contribution in [1.29, 1.82) is 0 Å². The molecule has 0 amide bonds. The molecule has 0 aliphatic heterocycles. The molecule has 3 heteroatoms. The van der Waals surface area contributed by atoms with E-state index in [1.807, 2.05) is 0 Å². The molecule has 2 aliphatic carbocycles. The highest BCUT2D eigenvalue weighted by Crippen LogP contribution is 2.29.